The molecule has 0 saturated carbocycles. The molecule has 2 aromatic carbocycles. The van der Waals surface area contributed by atoms with Gasteiger partial charge in [0.25, 0.3) is 5.91 Å². The minimum atomic E-state index is -0.327. The minimum absolute atomic E-state index is 0.102. The molecule has 7 nitrogen and oxygen atoms in total. The highest BCUT2D eigenvalue weighted by molar-refractivity contribution is 5.95. The number of amides is 2. The lowest BCUT2D eigenvalue weighted by Crippen LogP contribution is -2.28. The highest BCUT2D eigenvalue weighted by Crippen LogP contribution is 2.10. The predicted octanol–water partition coefficient (Wildman–Crippen LogP) is 1.95. The van der Waals surface area contributed by atoms with Crippen LogP contribution in [0.4, 0.5) is 5.69 Å². The third-order valence-electron chi connectivity index (χ3n) is 4.13. The Morgan fingerprint density at radius 2 is 1.63 bits per heavy atom. The van der Waals surface area contributed by atoms with Gasteiger partial charge in [-0.15, -0.1) is 0 Å². The lowest BCUT2D eigenvalue weighted by molar-refractivity contribution is -0.116. The number of hydrogen-bond acceptors (Lipinski definition) is 3. The van der Waals surface area contributed by atoms with Crippen molar-refractivity contribution in [1.29, 1.82) is 0 Å². The number of carbonyl (C=O) groups is 2. The second kappa shape index (κ2) is 7.74. The standard InChI is InChI=1S/C20H20N4O3/c1-14-3-9-17(10-4-14)24-12-11-23(20(24)27)13-18(25)22-16-7-5-15(6-8-16)19(26)21-2/h3-12H,13H2,1-2H3,(H,21,26)(H,22,25). The van der Waals surface area contributed by atoms with Gasteiger partial charge in [0.05, 0.1) is 5.69 Å². The van der Waals surface area contributed by atoms with Gasteiger partial charge in [-0.1, -0.05) is 17.7 Å². The zero-order chi connectivity index (χ0) is 19.4. The van der Waals surface area contributed by atoms with Gasteiger partial charge in [-0.05, 0) is 43.3 Å². The van der Waals surface area contributed by atoms with Crippen molar-refractivity contribution in [3.8, 4) is 5.69 Å². The van der Waals surface area contributed by atoms with Crippen LogP contribution in [-0.2, 0) is 11.3 Å². The molecule has 0 aliphatic heterocycles. The maximum atomic E-state index is 12.5. The van der Waals surface area contributed by atoms with E-state index in [4.69, 9.17) is 0 Å². The predicted molar refractivity (Wildman–Crippen MR) is 103 cm³/mol. The van der Waals surface area contributed by atoms with E-state index in [1.165, 1.54) is 9.13 Å². The van der Waals surface area contributed by atoms with Crippen LogP contribution in [0.15, 0.2) is 65.7 Å². The molecule has 2 amide bonds. The first kappa shape index (κ1) is 18.2. The highest BCUT2D eigenvalue weighted by atomic mass is 16.2. The molecule has 7 heteroatoms. The van der Waals surface area contributed by atoms with Crippen LogP contribution in [0.25, 0.3) is 5.69 Å². The number of imidazole rings is 1. The minimum Gasteiger partial charge on any atom is -0.355 e. The summed E-state index contributed by atoms with van der Waals surface area (Å²) >= 11 is 0. The average molecular weight is 364 g/mol. The monoisotopic (exact) mass is 364 g/mol. The summed E-state index contributed by atoms with van der Waals surface area (Å²) < 4.78 is 2.83. The van der Waals surface area contributed by atoms with Crippen molar-refractivity contribution in [3.05, 3.63) is 82.5 Å². The fourth-order valence-corrected chi connectivity index (χ4v) is 2.64. The number of benzene rings is 2. The number of nitrogens with zero attached hydrogens (tertiary/aromatic N) is 2. The molecule has 1 aromatic heterocycles. The molecule has 138 valence electrons. The zero-order valence-electron chi connectivity index (χ0n) is 15.1. The Morgan fingerprint density at radius 1 is 0.963 bits per heavy atom. The van der Waals surface area contributed by atoms with E-state index in [1.807, 2.05) is 31.2 Å². The number of aryl methyl sites for hydroxylation is 1. The summed E-state index contributed by atoms with van der Waals surface area (Å²) in [5.41, 5.74) is 2.62. The van der Waals surface area contributed by atoms with Gasteiger partial charge in [-0.2, -0.15) is 0 Å². The van der Waals surface area contributed by atoms with Crippen LogP contribution < -0.4 is 16.3 Å². The summed E-state index contributed by atoms with van der Waals surface area (Å²) in [4.78, 5) is 36.3. The lowest BCUT2D eigenvalue weighted by atomic mass is 10.2. The fraction of sp³-hybridized carbons (Fsp3) is 0.150. The number of carbonyl (C=O) groups excluding carboxylic acids is 2. The molecule has 27 heavy (non-hydrogen) atoms. The SMILES string of the molecule is CNC(=O)c1ccc(NC(=O)Cn2ccn(-c3ccc(C)cc3)c2=O)cc1. The number of aromatic nitrogens is 2. The number of hydrogen-bond donors (Lipinski definition) is 2. The van der Waals surface area contributed by atoms with Crippen LogP contribution in [0.1, 0.15) is 15.9 Å². The van der Waals surface area contributed by atoms with E-state index in [0.29, 0.717) is 11.3 Å². The smallest absolute Gasteiger partial charge is 0.333 e. The van der Waals surface area contributed by atoms with Gasteiger partial charge in [0.1, 0.15) is 6.54 Å². The molecule has 0 aliphatic carbocycles. The first-order valence-electron chi connectivity index (χ1n) is 8.45. The van der Waals surface area contributed by atoms with Crippen LogP contribution in [0, 0.1) is 6.92 Å². The molecule has 3 aromatic rings. The van der Waals surface area contributed by atoms with Gasteiger partial charge in [0.15, 0.2) is 0 Å². The summed E-state index contributed by atoms with van der Waals surface area (Å²) in [7, 11) is 1.55. The van der Waals surface area contributed by atoms with E-state index in [9.17, 15) is 14.4 Å². The van der Waals surface area contributed by atoms with Crippen molar-refractivity contribution < 1.29 is 9.59 Å². The van der Waals surface area contributed by atoms with Crippen LogP contribution in [0.5, 0.6) is 0 Å². The molecule has 0 spiro atoms. The number of anilines is 1. The van der Waals surface area contributed by atoms with Gasteiger partial charge in [0, 0.05) is 30.7 Å². The number of rotatable bonds is 5. The van der Waals surface area contributed by atoms with Crippen LogP contribution in [0.3, 0.4) is 0 Å². The van der Waals surface area contributed by atoms with Crippen LogP contribution in [0.2, 0.25) is 0 Å². The van der Waals surface area contributed by atoms with Crippen molar-refractivity contribution in [2.24, 2.45) is 0 Å². The maximum absolute atomic E-state index is 12.5. The van der Waals surface area contributed by atoms with Crippen molar-refractivity contribution in [1.82, 2.24) is 14.5 Å². The molecule has 1 heterocycles. The Kier molecular flexibility index (Phi) is 5.21. The molecule has 0 bridgehead atoms. The van der Waals surface area contributed by atoms with Crippen LogP contribution >= 0.6 is 0 Å². The summed E-state index contributed by atoms with van der Waals surface area (Å²) in [6.45, 7) is 1.87. The molecule has 0 fully saturated rings. The van der Waals surface area contributed by atoms with Gasteiger partial charge < -0.3 is 10.6 Å². The Hall–Kier alpha value is -3.61. The second-order valence-corrected chi connectivity index (χ2v) is 6.12. The van der Waals surface area contributed by atoms with E-state index < -0.39 is 0 Å². The van der Waals surface area contributed by atoms with E-state index >= 15 is 0 Å². The molecule has 3 rings (SSSR count). The Balaban J connectivity index is 1.69. The van der Waals surface area contributed by atoms with Crippen molar-refractivity contribution in [3.63, 3.8) is 0 Å². The summed E-state index contributed by atoms with van der Waals surface area (Å²) in [5.74, 6) is -0.525. The van der Waals surface area contributed by atoms with Gasteiger partial charge >= 0.3 is 5.69 Å². The molecule has 0 unspecified atom stereocenters. The highest BCUT2D eigenvalue weighted by Gasteiger charge is 2.10. The van der Waals surface area contributed by atoms with Crippen molar-refractivity contribution in [2.45, 2.75) is 13.5 Å². The Labute approximate surface area is 156 Å². The molecular weight excluding hydrogens is 344 g/mol. The summed E-state index contributed by atoms with van der Waals surface area (Å²) in [6.07, 6.45) is 3.22. The topological polar surface area (TPSA) is 85.1 Å². The summed E-state index contributed by atoms with van der Waals surface area (Å²) in [6, 6.07) is 14.1. The third-order valence-corrected chi connectivity index (χ3v) is 4.13. The molecule has 2 N–H and O–H groups in total. The van der Waals surface area contributed by atoms with Gasteiger partial charge in [0.2, 0.25) is 5.91 Å². The van der Waals surface area contributed by atoms with E-state index in [1.54, 1.807) is 43.7 Å². The van der Waals surface area contributed by atoms with E-state index in [-0.39, 0.29) is 24.0 Å². The largest absolute Gasteiger partial charge is 0.355 e. The first-order valence-corrected chi connectivity index (χ1v) is 8.45. The third kappa shape index (κ3) is 4.14. The van der Waals surface area contributed by atoms with Gasteiger partial charge in [-0.3, -0.25) is 18.7 Å². The van der Waals surface area contributed by atoms with Crippen molar-refractivity contribution >= 4 is 17.5 Å². The summed E-state index contributed by atoms with van der Waals surface area (Å²) in [5, 5.41) is 5.25. The lowest BCUT2D eigenvalue weighted by Gasteiger charge is -2.07. The average Bonchev–Trinajstić information content (AvgIpc) is 3.02. The van der Waals surface area contributed by atoms with E-state index in [0.717, 1.165) is 11.3 Å². The molecule has 0 radical (unpaired) electrons. The van der Waals surface area contributed by atoms with Crippen molar-refractivity contribution in [2.75, 3.05) is 12.4 Å². The number of nitrogens with one attached hydrogen (secondary N) is 2. The Bertz CT molecular complexity index is 1010. The van der Waals surface area contributed by atoms with Crippen LogP contribution in [-0.4, -0.2) is 28.0 Å². The molecule has 0 aliphatic rings. The Morgan fingerprint density at radius 3 is 2.26 bits per heavy atom. The zero-order valence-corrected chi connectivity index (χ0v) is 15.1. The molecule has 0 saturated heterocycles. The van der Waals surface area contributed by atoms with E-state index in [2.05, 4.69) is 10.6 Å². The molecular formula is C20H20N4O3. The normalized spacial score (nSPS) is 10.4. The molecule has 0 atom stereocenters. The fourth-order valence-electron chi connectivity index (χ4n) is 2.64. The second-order valence-electron chi connectivity index (χ2n) is 6.12. The van der Waals surface area contributed by atoms with Gasteiger partial charge in [-0.25, -0.2) is 4.79 Å². The maximum Gasteiger partial charge on any atom is 0.333 e. The first-order chi connectivity index (χ1) is 13.0. The quantitative estimate of drug-likeness (QED) is 0.726.